The Kier molecular flexibility index (Phi) is 4.04. The van der Waals surface area contributed by atoms with E-state index in [1.165, 1.54) is 15.6 Å². The van der Waals surface area contributed by atoms with Crippen LogP contribution < -0.4 is 15.6 Å². The number of rotatable bonds is 3. The molecule has 0 amide bonds. The van der Waals surface area contributed by atoms with E-state index < -0.39 is 8.07 Å². The van der Waals surface area contributed by atoms with Crippen molar-refractivity contribution in [3.05, 3.63) is 83.6 Å². The summed E-state index contributed by atoms with van der Waals surface area (Å²) in [5, 5.41) is 4.13. The number of halogens is 1. The van der Waals surface area contributed by atoms with Crippen molar-refractivity contribution in [1.82, 2.24) is 4.98 Å². The van der Waals surface area contributed by atoms with Gasteiger partial charge >= 0.3 is 0 Å². The SMILES string of the molecule is C[Si](c1ccccc1)(c1ccccc1)c1ccc(Br)nc1. The van der Waals surface area contributed by atoms with Crippen LogP contribution in [0.25, 0.3) is 0 Å². The molecule has 3 rings (SSSR count). The van der Waals surface area contributed by atoms with Crippen molar-refractivity contribution in [2.45, 2.75) is 6.55 Å². The van der Waals surface area contributed by atoms with Crippen LogP contribution in [0.15, 0.2) is 83.6 Å². The minimum Gasteiger partial charge on any atom is -0.249 e. The van der Waals surface area contributed by atoms with Crippen LogP contribution in [-0.4, -0.2) is 13.1 Å². The van der Waals surface area contributed by atoms with Crippen LogP contribution in [0.1, 0.15) is 0 Å². The number of hydrogen-bond acceptors (Lipinski definition) is 1. The van der Waals surface area contributed by atoms with Crippen LogP contribution in [0.2, 0.25) is 6.55 Å². The van der Waals surface area contributed by atoms with Gasteiger partial charge in [-0.2, -0.15) is 0 Å². The van der Waals surface area contributed by atoms with Crippen LogP contribution in [-0.2, 0) is 0 Å². The first-order valence-electron chi connectivity index (χ1n) is 6.94. The van der Waals surface area contributed by atoms with Crippen molar-refractivity contribution in [2.24, 2.45) is 0 Å². The van der Waals surface area contributed by atoms with Crippen molar-refractivity contribution in [1.29, 1.82) is 0 Å². The lowest BCUT2D eigenvalue weighted by molar-refractivity contribution is 1.29. The molecule has 3 heteroatoms. The van der Waals surface area contributed by atoms with E-state index in [1.807, 2.05) is 12.3 Å². The monoisotopic (exact) mass is 353 g/mol. The first kappa shape index (κ1) is 14.2. The van der Waals surface area contributed by atoms with Crippen LogP contribution in [0.4, 0.5) is 0 Å². The summed E-state index contributed by atoms with van der Waals surface area (Å²) in [4.78, 5) is 4.45. The molecule has 0 bridgehead atoms. The maximum atomic E-state index is 4.45. The molecule has 1 heterocycles. The average molecular weight is 354 g/mol. The van der Waals surface area contributed by atoms with Crippen molar-refractivity contribution in [3.63, 3.8) is 0 Å². The second-order valence-electron chi connectivity index (χ2n) is 5.23. The fourth-order valence-electron chi connectivity index (χ4n) is 2.71. The van der Waals surface area contributed by atoms with Gasteiger partial charge in [0, 0.05) is 6.20 Å². The van der Waals surface area contributed by atoms with Crippen molar-refractivity contribution >= 4 is 39.6 Å². The quantitative estimate of drug-likeness (QED) is 0.521. The minimum absolute atomic E-state index is 0.878. The molecule has 0 saturated heterocycles. The lowest BCUT2D eigenvalue weighted by atomic mass is 10.4. The Labute approximate surface area is 134 Å². The highest BCUT2D eigenvalue weighted by atomic mass is 79.9. The van der Waals surface area contributed by atoms with E-state index in [1.54, 1.807) is 0 Å². The molecule has 21 heavy (non-hydrogen) atoms. The van der Waals surface area contributed by atoms with E-state index in [0.717, 1.165) is 4.60 Å². The van der Waals surface area contributed by atoms with E-state index in [2.05, 4.69) is 94.2 Å². The van der Waals surface area contributed by atoms with Crippen molar-refractivity contribution in [3.8, 4) is 0 Å². The van der Waals surface area contributed by atoms with Crippen molar-refractivity contribution in [2.75, 3.05) is 0 Å². The van der Waals surface area contributed by atoms with Crippen molar-refractivity contribution < 1.29 is 0 Å². The van der Waals surface area contributed by atoms with Gasteiger partial charge in [0.15, 0.2) is 0 Å². The van der Waals surface area contributed by atoms with E-state index in [9.17, 15) is 0 Å². The van der Waals surface area contributed by atoms with Gasteiger partial charge in [0.1, 0.15) is 12.7 Å². The standard InChI is InChI=1S/C18H16BrNSi/c1-21(15-8-4-2-5-9-15,16-10-6-3-7-11-16)17-12-13-18(19)20-14-17/h2-14H,1H3. The number of aromatic nitrogens is 1. The summed E-state index contributed by atoms with van der Waals surface area (Å²) >= 11 is 3.43. The van der Waals surface area contributed by atoms with Gasteiger partial charge in [-0.3, -0.25) is 0 Å². The Hall–Kier alpha value is -1.71. The normalized spacial score (nSPS) is 11.3. The maximum absolute atomic E-state index is 4.45. The molecule has 1 nitrogen and oxygen atoms in total. The largest absolute Gasteiger partial charge is 0.249 e. The van der Waals surface area contributed by atoms with Gasteiger partial charge in [0.2, 0.25) is 0 Å². The summed E-state index contributed by atoms with van der Waals surface area (Å²) in [5.74, 6) is 0. The molecule has 0 spiro atoms. The van der Waals surface area contributed by atoms with E-state index in [4.69, 9.17) is 0 Å². The predicted molar refractivity (Wildman–Crippen MR) is 95.3 cm³/mol. The molecule has 0 unspecified atom stereocenters. The van der Waals surface area contributed by atoms with Crippen LogP contribution in [0.3, 0.4) is 0 Å². The third kappa shape index (κ3) is 2.71. The second-order valence-corrected chi connectivity index (χ2v) is 10.0. The van der Waals surface area contributed by atoms with Gasteiger partial charge < -0.3 is 0 Å². The predicted octanol–water partition coefficient (Wildman–Crippen LogP) is 2.94. The summed E-state index contributed by atoms with van der Waals surface area (Å²) in [7, 11) is -1.98. The molecule has 0 aliphatic heterocycles. The smallest absolute Gasteiger partial charge is 0.147 e. The fourth-order valence-corrected chi connectivity index (χ4v) is 6.41. The third-order valence-corrected chi connectivity index (χ3v) is 8.90. The molecule has 3 aromatic rings. The molecule has 2 aromatic carbocycles. The van der Waals surface area contributed by atoms with Gasteiger partial charge in [-0.15, -0.1) is 0 Å². The Morgan fingerprint density at radius 1 is 0.714 bits per heavy atom. The molecular weight excluding hydrogens is 338 g/mol. The molecule has 0 radical (unpaired) electrons. The first-order valence-corrected chi connectivity index (χ1v) is 10.2. The molecule has 0 aliphatic rings. The summed E-state index contributed by atoms with van der Waals surface area (Å²) in [5.41, 5.74) is 0. The van der Waals surface area contributed by atoms with Gasteiger partial charge in [-0.1, -0.05) is 73.3 Å². The third-order valence-electron chi connectivity index (χ3n) is 4.01. The minimum atomic E-state index is -1.98. The number of nitrogens with zero attached hydrogens (tertiary/aromatic N) is 1. The molecule has 0 aliphatic carbocycles. The van der Waals surface area contributed by atoms with Crippen LogP contribution in [0, 0.1) is 0 Å². The number of hydrogen-bond donors (Lipinski definition) is 0. The van der Waals surface area contributed by atoms with Crippen LogP contribution in [0.5, 0.6) is 0 Å². The molecule has 104 valence electrons. The molecule has 0 saturated carbocycles. The fraction of sp³-hybridized carbons (Fsp3) is 0.0556. The lowest BCUT2D eigenvalue weighted by Gasteiger charge is -2.29. The molecule has 1 aromatic heterocycles. The second kappa shape index (κ2) is 5.96. The molecular formula is C18H16BrNSi. The highest BCUT2D eigenvalue weighted by Gasteiger charge is 2.34. The maximum Gasteiger partial charge on any atom is 0.147 e. The van der Waals surface area contributed by atoms with Gasteiger partial charge in [-0.25, -0.2) is 4.98 Å². The topological polar surface area (TPSA) is 12.9 Å². The molecule has 0 atom stereocenters. The zero-order valence-electron chi connectivity index (χ0n) is 11.8. The average Bonchev–Trinajstić information content (AvgIpc) is 2.56. The Morgan fingerprint density at radius 2 is 1.24 bits per heavy atom. The van der Waals surface area contributed by atoms with E-state index in [-0.39, 0.29) is 0 Å². The summed E-state index contributed by atoms with van der Waals surface area (Å²) in [6.07, 6.45) is 2.01. The zero-order valence-corrected chi connectivity index (χ0v) is 14.4. The number of pyridine rings is 1. The zero-order chi connectivity index (χ0) is 14.7. The lowest BCUT2D eigenvalue weighted by Crippen LogP contribution is -2.64. The summed E-state index contributed by atoms with van der Waals surface area (Å²) < 4.78 is 0.878. The number of benzene rings is 2. The van der Waals surface area contributed by atoms with Crippen LogP contribution >= 0.6 is 15.9 Å². The van der Waals surface area contributed by atoms with Gasteiger partial charge in [-0.05, 0) is 37.6 Å². The summed E-state index contributed by atoms with van der Waals surface area (Å²) in [6, 6.07) is 25.8. The first-order chi connectivity index (χ1) is 10.2. The molecule has 0 fully saturated rings. The Balaban J connectivity index is 2.23. The Bertz CT molecular complexity index is 672. The molecule has 0 N–H and O–H groups in total. The highest BCUT2D eigenvalue weighted by Crippen LogP contribution is 2.09. The van der Waals surface area contributed by atoms with Gasteiger partial charge in [0.05, 0.1) is 0 Å². The Morgan fingerprint density at radius 3 is 1.67 bits per heavy atom. The highest BCUT2D eigenvalue weighted by molar-refractivity contribution is 9.10. The summed E-state index contributed by atoms with van der Waals surface area (Å²) in [6.45, 7) is 2.39. The van der Waals surface area contributed by atoms with Gasteiger partial charge in [0.25, 0.3) is 0 Å². The van der Waals surface area contributed by atoms with E-state index in [0.29, 0.717) is 0 Å². The van der Waals surface area contributed by atoms with E-state index >= 15 is 0 Å².